The maximum atomic E-state index is 12.4. The fraction of sp³-hybridized carbons (Fsp3) is 0.409. The standard InChI is InChI=1S/C22H24N2O6/c25-20(23-17-9-13-29-18-5-2-1-4-16(17)18)14-30-22(27)15-7-10-24(11-8-15)21(26)19-6-3-12-28-19/h1-6,12,15,17H,7-11,13-14H2,(H,23,25). The van der Waals surface area contributed by atoms with Gasteiger partial charge in [0.25, 0.3) is 11.8 Å². The van der Waals surface area contributed by atoms with E-state index in [9.17, 15) is 14.4 Å². The molecular formula is C22H24N2O6. The molecule has 3 heterocycles. The average molecular weight is 412 g/mol. The van der Waals surface area contributed by atoms with E-state index in [2.05, 4.69) is 5.32 Å². The zero-order valence-corrected chi connectivity index (χ0v) is 16.5. The summed E-state index contributed by atoms with van der Waals surface area (Å²) in [6.45, 7) is 1.11. The Hall–Kier alpha value is -3.29. The van der Waals surface area contributed by atoms with Gasteiger partial charge in [0.1, 0.15) is 5.75 Å². The van der Waals surface area contributed by atoms with Crippen molar-refractivity contribution in [3.63, 3.8) is 0 Å². The Labute approximate surface area is 174 Å². The third-order valence-corrected chi connectivity index (χ3v) is 5.49. The van der Waals surface area contributed by atoms with Crippen molar-refractivity contribution in [3.05, 3.63) is 54.0 Å². The Morgan fingerprint density at radius 3 is 2.63 bits per heavy atom. The minimum atomic E-state index is -0.400. The molecule has 1 atom stereocenters. The topological polar surface area (TPSA) is 98.1 Å². The van der Waals surface area contributed by atoms with Gasteiger partial charge in [0.05, 0.1) is 24.8 Å². The molecule has 1 N–H and O–H groups in total. The summed E-state index contributed by atoms with van der Waals surface area (Å²) in [5.41, 5.74) is 0.928. The molecule has 1 unspecified atom stereocenters. The Morgan fingerprint density at radius 2 is 1.87 bits per heavy atom. The minimum Gasteiger partial charge on any atom is -0.493 e. The molecule has 2 aliphatic heterocycles. The Morgan fingerprint density at radius 1 is 1.07 bits per heavy atom. The number of nitrogens with one attached hydrogen (secondary N) is 1. The van der Waals surface area contributed by atoms with Gasteiger partial charge in [-0.15, -0.1) is 0 Å². The molecule has 158 valence electrons. The first-order valence-corrected chi connectivity index (χ1v) is 10.1. The van der Waals surface area contributed by atoms with Gasteiger partial charge in [0.15, 0.2) is 12.4 Å². The highest BCUT2D eigenvalue weighted by molar-refractivity contribution is 5.91. The second-order valence-electron chi connectivity index (χ2n) is 7.45. The van der Waals surface area contributed by atoms with Crippen molar-refractivity contribution in [2.75, 3.05) is 26.3 Å². The molecule has 30 heavy (non-hydrogen) atoms. The summed E-state index contributed by atoms with van der Waals surface area (Å²) in [5, 5.41) is 2.91. The Kier molecular flexibility index (Phi) is 6.02. The van der Waals surface area contributed by atoms with E-state index >= 15 is 0 Å². The van der Waals surface area contributed by atoms with E-state index in [0.717, 1.165) is 11.3 Å². The fourth-order valence-corrected chi connectivity index (χ4v) is 3.86. The van der Waals surface area contributed by atoms with Crippen molar-refractivity contribution in [1.82, 2.24) is 10.2 Å². The van der Waals surface area contributed by atoms with Crippen LogP contribution in [-0.2, 0) is 14.3 Å². The van der Waals surface area contributed by atoms with E-state index in [0.29, 0.717) is 44.7 Å². The number of likely N-dealkylation sites (tertiary alicyclic amines) is 1. The van der Waals surface area contributed by atoms with Crippen molar-refractivity contribution in [2.45, 2.75) is 25.3 Å². The molecule has 2 amide bonds. The van der Waals surface area contributed by atoms with Crippen LogP contribution >= 0.6 is 0 Å². The maximum absolute atomic E-state index is 12.4. The van der Waals surface area contributed by atoms with E-state index in [1.807, 2.05) is 24.3 Å². The van der Waals surface area contributed by atoms with Gasteiger partial charge in [0.2, 0.25) is 0 Å². The summed E-state index contributed by atoms with van der Waals surface area (Å²) in [7, 11) is 0. The summed E-state index contributed by atoms with van der Waals surface area (Å²) >= 11 is 0. The summed E-state index contributed by atoms with van der Waals surface area (Å²) in [4.78, 5) is 38.6. The zero-order chi connectivity index (χ0) is 20.9. The van der Waals surface area contributed by atoms with Crippen molar-refractivity contribution < 1.29 is 28.3 Å². The van der Waals surface area contributed by atoms with Crippen LogP contribution in [0, 0.1) is 5.92 Å². The number of fused-ring (bicyclic) bond motifs is 1. The van der Waals surface area contributed by atoms with Crippen LogP contribution in [0.15, 0.2) is 47.1 Å². The number of piperidine rings is 1. The molecule has 0 saturated carbocycles. The van der Waals surface area contributed by atoms with Crippen molar-refractivity contribution in [1.29, 1.82) is 0 Å². The van der Waals surface area contributed by atoms with Crippen LogP contribution in [0.2, 0.25) is 0 Å². The lowest BCUT2D eigenvalue weighted by Crippen LogP contribution is -2.41. The highest BCUT2D eigenvalue weighted by Crippen LogP contribution is 2.31. The second kappa shape index (κ2) is 9.02. The number of ether oxygens (including phenoxy) is 2. The molecule has 1 fully saturated rings. The number of benzene rings is 1. The molecule has 2 aliphatic rings. The lowest BCUT2D eigenvalue weighted by atomic mass is 9.97. The monoisotopic (exact) mass is 412 g/mol. The molecule has 8 nitrogen and oxygen atoms in total. The van der Waals surface area contributed by atoms with Gasteiger partial charge < -0.3 is 24.1 Å². The molecule has 0 radical (unpaired) electrons. The normalized spacial score (nSPS) is 18.8. The van der Waals surface area contributed by atoms with E-state index in [1.54, 1.807) is 17.0 Å². The summed E-state index contributed by atoms with van der Waals surface area (Å²) in [5.74, 6) is -0.174. The Balaban J connectivity index is 1.22. The summed E-state index contributed by atoms with van der Waals surface area (Å²) in [6, 6.07) is 10.7. The van der Waals surface area contributed by atoms with Crippen LogP contribution in [0.4, 0.5) is 0 Å². The molecule has 0 aliphatic carbocycles. The van der Waals surface area contributed by atoms with Gasteiger partial charge in [0, 0.05) is 25.1 Å². The van der Waals surface area contributed by atoms with Gasteiger partial charge in [-0.3, -0.25) is 14.4 Å². The van der Waals surface area contributed by atoms with Gasteiger partial charge in [-0.05, 0) is 31.0 Å². The summed E-state index contributed by atoms with van der Waals surface area (Å²) < 4.78 is 16.0. The lowest BCUT2D eigenvalue weighted by Gasteiger charge is -2.30. The average Bonchev–Trinajstić information content (AvgIpc) is 3.32. The van der Waals surface area contributed by atoms with Crippen LogP contribution in [-0.4, -0.2) is 49.0 Å². The number of furan rings is 1. The fourth-order valence-electron chi connectivity index (χ4n) is 3.86. The van der Waals surface area contributed by atoms with E-state index < -0.39 is 5.97 Å². The second-order valence-corrected chi connectivity index (χ2v) is 7.45. The van der Waals surface area contributed by atoms with Gasteiger partial charge >= 0.3 is 5.97 Å². The molecule has 1 saturated heterocycles. The number of nitrogens with zero attached hydrogens (tertiary/aromatic N) is 1. The molecule has 1 aromatic heterocycles. The molecule has 1 aromatic carbocycles. The number of esters is 1. The largest absolute Gasteiger partial charge is 0.493 e. The predicted molar refractivity (Wildman–Crippen MR) is 106 cm³/mol. The first-order valence-electron chi connectivity index (χ1n) is 10.1. The molecule has 4 rings (SSSR count). The number of rotatable bonds is 5. The van der Waals surface area contributed by atoms with E-state index in [1.165, 1.54) is 6.26 Å². The van der Waals surface area contributed by atoms with Crippen LogP contribution < -0.4 is 10.1 Å². The maximum Gasteiger partial charge on any atom is 0.309 e. The molecule has 2 aromatic rings. The smallest absolute Gasteiger partial charge is 0.309 e. The van der Waals surface area contributed by atoms with E-state index in [-0.39, 0.29) is 30.4 Å². The van der Waals surface area contributed by atoms with Gasteiger partial charge in [-0.2, -0.15) is 0 Å². The predicted octanol–water partition coefficient (Wildman–Crippen LogP) is 2.31. The molecule has 0 spiro atoms. The third-order valence-electron chi connectivity index (χ3n) is 5.49. The number of carbonyl (C=O) groups excluding carboxylic acids is 3. The SMILES string of the molecule is O=C(COC(=O)C1CCN(C(=O)c2ccco2)CC1)NC1CCOc2ccccc21. The van der Waals surface area contributed by atoms with Gasteiger partial charge in [-0.1, -0.05) is 18.2 Å². The van der Waals surface area contributed by atoms with Crippen LogP contribution in [0.5, 0.6) is 5.75 Å². The van der Waals surface area contributed by atoms with Crippen LogP contribution in [0.1, 0.15) is 41.4 Å². The first kappa shape index (κ1) is 20.0. The summed E-state index contributed by atoms with van der Waals surface area (Å²) in [6.07, 6.45) is 3.13. The first-order chi connectivity index (χ1) is 14.6. The van der Waals surface area contributed by atoms with Crippen molar-refractivity contribution >= 4 is 17.8 Å². The number of hydrogen-bond acceptors (Lipinski definition) is 6. The third kappa shape index (κ3) is 4.48. The quantitative estimate of drug-likeness (QED) is 0.757. The molecule has 8 heteroatoms. The number of amides is 2. The molecule has 0 bridgehead atoms. The molecular weight excluding hydrogens is 388 g/mol. The Bertz CT molecular complexity index is 902. The zero-order valence-electron chi connectivity index (χ0n) is 16.5. The number of carbonyl (C=O) groups is 3. The number of para-hydroxylation sites is 1. The van der Waals surface area contributed by atoms with Crippen molar-refractivity contribution in [3.8, 4) is 5.75 Å². The van der Waals surface area contributed by atoms with Crippen LogP contribution in [0.3, 0.4) is 0 Å². The number of hydrogen-bond donors (Lipinski definition) is 1. The van der Waals surface area contributed by atoms with Gasteiger partial charge in [-0.25, -0.2) is 0 Å². The minimum absolute atomic E-state index is 0.156. The van der Waals surface area contributed by atoms with Crippen molar-refractivity contribution in [2.24, 2.45) is 5.92 Å². The highest BCUT2D eigenvalue weighted by atomic mass is 16.5. The lowest BCUT2D eigenvalue weighted by molar-refractivity contribution is -0.154. The highest BCUT2D eigenvalue weighted by Gasteiger charge is 2.30. The van der Waals surface area contributed by atoms with Crippen LogP contribution in [0.25, 0.3) is 0 Å². The van der Waals surface area contributed by atoms with E-state index in [4.69, 9.17) is 13.9 Å².